The summed E-state index contributed by atoms with van der Waals surface area (Å²) in [4.78, 5) is 11.8. The van der Waals surface area contributed by atoms with Gasteiger partial charge in [-0.15, -0.1) is 0 Å². The lowest BCUT2D eigenvalue weighted by Gasteiger charge is -2.20. The van der Waals surface area contributed by atoms with Crippen molar-refractivity contribution in [2.75, 3.05) is 32.2 Å². The van der Waals surface area contributed by atoms with E-state index in [4.69, 9.17) is 19.4 Å². The van der Waals surface area contributed by atoms with Crippen LogP contribution in [0, 0.1) is 20.8 Å². The summed E-state index contributed by atoms with van der Waals surface area (Å²) in [6.07, 6.45) is 2.39. The predicted octanol–water partition coefficient (Wildman–Crippen LogP) is 3.69. The molecule has 1 aliphatic heterocycles. The maximum atomic E-state index is 5.63. The van der Waals surface area contributed by atoms with Gasteiger partial charge in [0.2, 0.25) is 5.95 Å². The average Bonchev–Trinajstić information content (AvgIpc) is 3.11. The van der Waals surface area contributed by atoms with Crippen LogP contribution in [-0.4, -0.2) is 37.3 Å². The zero-order valence-corrected chi connectivity index (χ0v) is 15.1. The Kier molecular flexibility index (Phi) is 4.60. The van der Waals surface area contributed by atoms with Crippen LogP contribution in [0.5, 0.6) is 11.5 Å². The zero-order chi connectivity index (χ0) is 17.3. The van der Waals surface area contributed by atoms with Gasteiger partial charge in [0.15, 0.2) is 0 Å². The molecule has 0 radical (unpaired) electrons. The predicted molar refractivity (Wildman–Crippen MR) is 96.2 cm³/mol. The molecule has 0 bridgehead atoms. The van der Waals surface area contributed by atoms with Gasteiger partial charge in [-0.2, -0.15) is 0 Å². The third-order valence-corrected chi connectivity index (χ3v) is 4.65. The minimum Gasteiger partial charge on any atom is -0.496 e. The van der Waals surface area contributed by atoms with Crippen LogP contribution in [0.1, 0.15) is 29.7 Å². The maximum Gasteiger partial charge on any atom is 0.226 e. The van der Waals surface area contributed by atoms with E-state index in [2.05, 4.69) is 11.8 Å². The van der Waals surface area contributed by atoms with Crippen molar-refractivity contribution in [1.82, 2.24) is 9.97 Å². The van der Waals surface area contributed by atoms with E-state index in [0.29, 0.717) is 0 Å². The highest BCUT2D eigenvalue weighted by Gasteiger charge is 2.22. The van der Waals surface area contributed by atoms with Crippen LogP contribution in [0.4, 0.5) is 5.95 Å². The second-order valence-electron chi connectivity index (χ2n) is 6.32. The van der Waals surface area contributed by atoms with E-state index in [9.17, 15) is 0 Å². The summed E-state index contributed by atoms with van der Waals surface area (Å²) in [6, 6.07) is 4.04. The molecule has 1 saturated heterocycles. The highest BCUT2D eigenvalue weighted by molar-refractivity contribution is 5.78. The van der Waals surface area contributed by atoms with Crippen molar-refractivity contribution >= 4 is 5.95 Å². The van der Waals surface area contributed by atoms with Gasteiger partial charge < -0.3 is 14.4 Å². The maximum absolute atomic E-state index is 5.63. The molecule has 24 heavy (non-hydrogen) atoms. The molecule has 0 unspecified atom stereocenters. The van der Waals surface area contributed by atoms with Crippen molar-refractivity contribution in [3.8, 4) is 22.8 Å². The molecule has 1 fully saturated rings. The minimum absolute atomic E-state index is 0.778. The van der Waals surface area contributed by atoms with Crippen molar-refractivity contribution in [1.29, 1.82) is 0 Å². The van der Waals surface area contributed by atoms with E-state index in [1.54, 1.807) is 14.2 Å². The number of rotatable bonds is 4. The standard InChI is InChI=1S/C19H25N3O2/c1-12-10-15(23-4)17(16(11-12)24-5)18-13(2)14(3)20-19(21-18)22-8-6-7-9-22/h10-11H,6-9H2,1-5H3. The van der Waals surface area contributed by atoms with Crippen molar-refractivity contribution in [2.24, 2.45) is 0 Å². The third-order valence-electron chi connectivity index (χ3n) is 4.65. The van der Waals surface area contributed by atoms with Gasteiger partial charge in [-0.1, -0.05) is 0 Å². The molecule has 0 spiro atoms. The Morgan fingerprint density at radius 2 is 1.50 bits per heavy atom. The molecule has 5 nitrogen and oxygen atoms in total. The van der Waals surface area contributed by atoms with Crippen LogP contribution in [0.25, 0.3) is 11.3 Å². The molecule has 0 amide bonds. The van der Waals surface area contributed by atoms with Crippen molar-refractivity contribution < 1.29 is 9.47 Å². The van der Waals surface area contributed by atoms with Gasteiger partial charge in [-0.05, 0) is 56.9 Å². The first-order valence-electron chi connectivity index (χ1n) is 8.38. The van der Waals surface area contributed by atoms with Crippen LogP contribution in [0.2, 0.25) is 0 Å². The van der Waals surface area contributed by atoms with Crippen LogP contribution in [0.3, 0.4) is 0 Å². The molecule has 3 rings (SSSR count). The normalized spacial score (nSPS) is 14.1. The zero-order valence-electron chi connectivity index (χ0n) is 15.1. The van der Waals surface area contributed by atoms with E-state index < -0.39 is 0 Å². The summed E-state index contributed by atoms with van der Waals surface area (Å²) in [7, 11) is 3.37. The summed E-state index contributed by atoms with van der Waals surface area (Å²) in [5, 5.41) is 0. The van der Waals surface area contributed by atoms with Gasteiger partial charge in [0.1, 0.15) is 11.5 Å². The second-order valence-corrected chi connectivity index (χ2v) is 6.32. The molecule has 0 saturated carbocycles. The Bertz CT molecular complexity index is 728. The van der Waals surface area contributed by atoms with Crippen molar-refractivity contribution in [3.05, 3.63) is 29.0 Å². The number of aryl methyl sites for hydroxylation is 2. The van der Waals surface area contributed by atoms with Crippen molar-refractivity contribution in [3.63, 3.8) is 0 Å². The van der Waals surface area contributed by atoms with Gasteiger partial charge in [-0.25, -0.2) is 9.97 Å². The lowest BCUT2D eigenvalue weighted by molar-refractivity contribution is 0.396. The molecule has 2 aromatic rings. The number of methoxy groups -OCH3 is 2. The Labute approximate surface area is 143 Å². The highest BCUT2D eigenvalue weighted by Crippen LogP contribution is 2.41. The monoisotopic (exact) mass is 327 g/mol. The van der Waals surface area contributed by atoms with E-state index >= 15 is 0 Å². The molecule has 0 aliphatic carbocycles. The lowest BCUT2D eigenvalue weighted by atomic mass is 10.0. The molecule has 128 valence electrons. The van der Waals surface area contributed by atoms with Gasteiger partial charge in [0.25, 0.3) is 0 Å². The fourth-order valence-corrected chi connectivity index (χ4v) is 3.19. The van der Waals surface area contributed by atoms with E-state index in [0.717, 1.165) is 58.6 Å². The van der Waals surface area contributed by atoms with Crippen LogP contribution in [0.15, 0.2) is 12.1 Å². The molecule has 1 aromatic carbocycles. The number of hydrogen-bond acceptors (Lipinski definition) is 5. The van der Waals surface area contributed by atoms with Crippen LogP contribution in [-0.2, 0) is 0 Å². The molecule has 1 aromatic heterocycles. The molecule has 0 atom stereocenters. The Balaban J connectivity index is 2.22. The average molecular weight is 327 g/mol. The Hall–Kier alpha value is -2.30. The molecular formula is C19H25N3O2. The van der Waals surface area contributed by atoms with E-state index in [1.165, 1.54) is 12.8 Å². The number of hydrogen-bond donors (Lipinski definition) is 0. The number of anilines is 1. The second kappa shape index (κ2) is 6.67. The summed E-state index contributed by atoms with van der Waals surface area (Å²) in [6.45, 7) is 8.15. The molecule has 5 heteroatoms. The van der Waals surface area contributed by atoms with Gasteiger partial charge in [-0.3, -0.25) is 0 Å². The summed E-state index contributed by atoms with van der Waals surface area (Å²) < 4.78 is 11.3. The fourth-order valence-electron chi connectivity index (χ4n) is 3.19. The highest BCUT2D eigenvalue weighted by atomic mass is 16.5. The topological polar surface area (TPSA) is 47.5 Å². The Morgan fingerprint density at radius 1 is 0.917 bits per heavy atom. The third kappa shape index (κ3) is 2.90. The number of aromatic nitrogens is 2. The van der Waals surface area contributed by atoms with Gasteiger partial charge in [0, 0.05) is 18.8 Å². The molecule has 0 N–H and O–H groups in total. The van der Waals surface area contributed by atoms with E-state index in [-0.39, 0.29) is 0 Å². The van der Waals surface area contributed by atoms with Gasteiger partial charge in [0.05, 0.1) is 25.5 Å². The van der Waals surface area contributed by atoms with Crippen LogP contribution < -0.4 is 14.4 Å². The summed E-state index contributed by atoms with van der Waals surface area (Å²) in [5.41, 5.74) is 4.92. The number of benzene rings is 1. The largest absolute Gasteiger partial charge is 0.496 e. The molecule has 1 aliphatic rings. The Morgan fingerprint density at radius 3 is 2.04 bits per heavy atom. The fraction of sp³-hybridized carbons (Fsp3) is 0.474. The van der Waals surface area contributed by atoms with Crippen molar-refractivity contribution in [2.45, 2.75) is 33.6 Å². The smallest absolute Gasteiger partial charge is 0.226 e. The first-order valence-corrected chi connectivity index (χ1v) is 8.38. The van der Waals surface area contributed by atoms with Gasteiger partial charge >= 0.3 is 0 Å². The van der Waals surface area contributed by atoms with E-state index in [1.807, 2.05) is 26.0 Å². The summed E-state index contributed by atoms with van der Waals surface area (Å²) >= 11 is 0. The lowest BCUT2D eigenvalue weighted by Crippen LogP contribution is -2.21. The molecular weight excluding hydrogens is 302 g/mol. The number of nitrogens with zero attached hydrogens (tertiary/aromatic N) is 3. The SMILES string of the molecule is COc1cc(C)cc(OC)c1-c1nc(N2CCCC2)nc(C)c1C. The first-order chi connectivity index (χ1) is 11.5. The first kappa shape index (κ1) is 16.6. The summed E-state index contributed by atoms with van der Waals surface area (Å²) in [5.74, 6) is 2.36. The quantitative estimate of drug-likeness (QED) is 0.857. The molecule has 2 heterocycles. The minimum atomic E-state index is 0.778. The number of ether oxygens (including phenoxy) is 2. The van der Waals surface area contributed by atoms with Crippen LogP contribution >= 0.6 is 0 Å².